The summed E-state index contributed by atoms with van der Waals surface area (Å²) in [5.41, 5.74) is 2.03. The third-order valence-electron chi connectivity index (χ3n) is 2.99. The fourth-order valence-corrected chi connectivity index (χ4v) is 2.05. The molecule has 1 aromatic rings. The Morgan fingerprint density at radius 2 is 2.00 bits per heavy atom. The number of nitrogens with zero attached hydrogens (tertiary/aromatic N) is 1. The minimum absolute atomic E-state index is 0.0937. The molecule has 1 aromatic carbocycles. The lowest BCUT2D eigenvalue weighted by molar-refractivity contribution is -0.117. The first-order valence-corrected chi connectivity index (χ1v) is 5.83. The molecule has 0 unspecified atom stereocenters. The fourth-order valence-electron chi connectivity index (χ4n) is 2.05. The number of para-hydroxylation sites is 1. The average Bonchev–Trinajstić information content (AvgIpc) is 2.74. The van der Waals surface area contributed by atoms with E-state index in [4.69, 9.17) is 0 Å². The lowest BCUT2D eigenvalue weighted by atomic mass is 10.2. The molecule has 3 nitrogen and oxygen atoms in total. The molecule has 1 fully saturated rings. The average molecular weight is 218 g/mol. The molecule has 0 spiro atoms. The maximum atomic E-state index is 11.8. The van der Waals surface area contributed by atoms with E-state index in [9.17, 15) is 4.79 Å². The number of amides is 1. The van der Waals surface area contributed by atoms with Gasteiger partial charge < -0.3 is 5.32 Å². The van der Waals surface area contributed by atoms with Gasteiger partial charge in [-0.25, -0.2) is 0 Å². The quantitative estimate of drug-likeness (QED) is 0.842. The van der Waals surface area contributed by atoms with Crippen molar-refractivity contribution in [2.24, 2.45) is 0 Å². The first-order valence-electron chi connectivity index (χ1n) is 5.83. The molecule has 0 radical (unpaired) electrons. The van der Waals surface area contributed by atoms with E-state index in [-0.39, 0.29) is 5.91 Å². The largest absolute Gasteiger partial charge is 0.325 e. The van der Waals surface area contributed by atoms with Gasteiger partial charge in [0, 0.05) is 5.69 Å². The number of aryl methyl sites for hydroxylation is 1. The second-order valence-corrected chi connectivity index (χ2v) is 4.35. The summed E-state index contributed by atoms with van der Waals surface area (Å²) < 4.78 is 0. The number of rotatable bonds is 3. The Balaban J connectivity index is 1.89. The van der Waals surface area contributed by atoms with Crippen molar-refractivity contribution in [1.82, 2.24) is 4.90 Å². The van der Waals surface area contributed by atoms with E-state index in [0.29, 0.717) is 6.54 Å². The molecule has 0 aromatic heterocycles. The zero-order valence-electron chi connectivity index (χ0n) is 9.70. The first kappa shape index (κ1) is 11.1. The van der Waals surface area contributed by atoms with E-state index in [1.165, 1.54) is 12.8 Å². The molecule has 86 valence electrons. The van der Waals surface area contributed by atoms with Gasteiger partial charge in [-0.05, 0) is 44.5 Å². The highest BCUT2D eigenvalue weighted by Gasteiger charge is 2.15. The van der Waals surface area contributed by atoms with Crippen LogP contribution in [0.3, 0.4) is 0 Å². The van der Waals surface area contributed by atoms with Crippen molar-refractivity contribution in [3.8, 4) is 0 Å². The molecule has 1 amide bonds. The molecule has 1 aliphatic heterocycles. The van der Waals surface area contributed by atoms with Gasteiger partial charge in [-0.15, -0.1) is 0 Å². The van der Waals surface area contributed by atoms with E-state index in [2.05, 4.69) is 10.2 Å². The van der Waals surface area contributed by atoms with E-state index >= 15 is 0 Å². The summed E-state index contributed by atoms with van der Waals surface area (Å²) in [5, 5.41) is 2.96. The van der Waals surface area contributed by atoms with Crippen LogP contribution >= 0.6 is 0 Å². The zero-order chi connectivity index (χ0) is 11.4. The Bertz CT molecular complexity index is 370. The van der Waals surface area contributed by atoms with Crippen LogP contribution in [0, 0.1) is 6.92 Å². The smallest absolute Gasteiger partial charge is 0.238 e. The van der Waals surface area contributed by atoms with Gasteiger partial charge in [-0.2, -0.15) is 0 Å². The van der Waals surface area contributed by atoms with E-state index < -0.39 is 0 Å². The maximum absolute atomic E-state index is 11.8. The third kappa shape index (κ3) is 2.83. The van der Waals surface area contributed by atoms with Crippen LogP contribution in [-0.4, -0.2) is 30.4 Å². The summed E-state index contributed by atoms with van der Waals surface area (Å²) in [4.78, 5) is 14.0. The molecular formula is C13H18N2O. The highest BCUT2D eigenvalue weighted by atomic mass is 16.2. The van der Waals surface area contributed by atoms with Crippen molar-refractivity contribution < 1.29 is 4.79 Å². The van der Waals surface area contributed by atoms with Crippen molar-refractivity contribution in [3.05, 3.63) is 29.8 Å². The first-order chi connectivity index (χ1) is 7.75. The number of carbonyl (C=O) groups is 1. The van der Waals surface area contributed by atoms with Crippen LogP contribution in [0.5, 0.6) is 0 Å². The van der Waals surface area contributed by atoms with Crippen molar-refractivity contribution in [1.29, 1.82) is 0 Å². The predicted molar refractivity (Wildman–Crippen MR) is 65.5 cm³/mol. The van der Waals surface area contributed by atoms with Gasteiger partial charge in [0.1, 0.15) is 0 Å². The van der Waals surface area contributed by atoms with E-state index in [1.807, 2.05) is 31.2 Å². The summed E-state index contributed by atoms with van der Waals surface area (Å²) in [6.07, 6.45) is 2.44. The van der Waals surface area contributed by atoms with Gasteiger partial charge in [-0.3, -0.25) is 9.69 Å². The van der Waals surface area contributed by atoms with Crippen LogP contribution in [0.15, 0.2) is 24.3 Å². The second-order valence-electron chi connectivity index (χ2n) is 4.35. The standard InChI is InChI=1S/C13H18N2O/c1-11-6-2-3-7-12(11)14-13(16)10-15-8-4-5-9-15/h2-3,6-7H,4-5,8-10H2,1H3,(H,14,16). The monoisotopic (exact) mass is 218 g/mol. The highest BCUT2D eigenvalue weighted by Crippen LogP contribution is 2.13. The molecule has 1 saturated heterocycles. The van der Waals surface area contributed by atoms with Gasteiger partial charge in [0.25, 0.3) is 0 Å². The lowest BCUT2D eigenvalue weighted by Gasteiger charge is -2.14. The van der Waals surface area contributed by atoms with E-state index in [1.54, 1.807) is 0 Å². The molecule has 0 aliphatic carbocycles. The number of carbonyl (C=O) groups excluding carboxylic acids is 1. The summed E-state index contributed by atoms with van der Waals surface area (Å²) in [5.74, 6) is 0.0937. The number of hydrogen-bond acceptors (Lipinski definition) is 2. The normalized spacial score (nSPS) is 16.3. The van der Waals surface area contributed by atoms with Crippen LogP contribution in [0.1, 0.15) is 18.4 Å². The Morgan fingerprint density at radius 1 is 1.31 bits per heavy atom. The fraction of sp³-hybridized carbons (Fsp3) is 0.462. The van der Waals surface area contributed by atoms with Gasteiger partial charge in [0.15, 0.2) is 0 Å². The SMILES string of the molecule is Cc1ccccc1NC(=O)CN1CCCC1. The number of likely N-dealkylation sites (tertiary alicyclic amines) is 1. The second kappa shape index (κ2) is 5.12. The number of hydrogen-bond donors (Lipinski definition) is 1. The number of anilines is 1. The van der Waals surface area contributed by atoms with Crippen molar-refractivity contribution in [2.75, 3.05) is 25.0 Å². The summed E-state index contributed by atoms with van der Waals surface area (Å²) in [6, 6.07) is 7.87. The Morgan fingerprint density at radius 3 is 2.69 bits per heavy atom. The molecule has 1 heterocycles. The minimum atomic E-state index is 0.0937. The maximum Gasteiger partial charge on any atom is 0.238 e. The van der Waals surface area contributed by atoms with Gasteiger partial charge in [0.2, 0.25) is 5.91 Å². The highest BCUT2D eigenvalue weighted by molar-refractivity contribution is 5.92. The van der Waals surface area contributed by atoms with Crippen molar-refractivity contribution >= 4 is 11.6 Å². The molecule has 3 heteroatoms. The van der Waals surface area contributed by atoms with Crippen LogP contribution in [0.4, 0.5) is 5.69 Å². The number of nitrogens with one attached hydrogen (secondary N) is 1. The molecule has 16 heavy (non-hydrogen) atoms. The summed E-state index contributed by atoms with van der Waals surface area (Å²) in [7, 11) is 0. The Kier molecular flexibility index (Phi) is 3.57. The summed E-state index contributed by atoms with van der Waals surface area (Å²) in [6.45, 7) is 4.64. The lowest BCUT2D eigenvalue weighted by Crippen LogP contribution is -2.31. The summed E-state index contributed by atoms with van der Waals surface area (Å²) >= 11 is 0. The van der Waals surface area contributed by atoms with Crippen LogP contribution in [-0.2, 0) is 4.79 Å². The molecule has 1 aliphatic rings. The molecule has 1 N–H and O–H groups in total. The molecule has 0 bridgehead atoms. The molecule has 0 atom stereocenters. The van der Waals surface area contributed by atoms with Gasteiger partial charge >= 0.3 is 0 Å². The molecular weight excluding hydrogens is 200 g/mol. The zero-order valence-corrected chi connectivity index (χ0v) is 9.70. The van der Waals surface area contributed by atoms with Crippen LogP contribution in [0.25, 0.3) is 0 Å². The van der Waals surface area contributed by atoms with Crippen molar-refractivity contribution in [2.45, 2.75) is 19.8 Å². The molecule has 0 saturated carbocycles. The minimum Gasteiger partial charge on any atom is -0.325 e. The Labute approximate surface area is 96.5 Å². The molecule has 2 rings (SSSR count). The van der Waals surface area contributed by atoms with E-state index in [0.717, 1.165) is 24.3 Å². The Hall–Kier alpha value is -1.35. The van der Waals surface area contributed by atoms with Crippen molar-refractivity contribution in [3.63, 3.8) is 0 Å². The third-order valence-corrected chi connectivity index (χ3v) is 2.99. The van der Waals surface area contributed by atoms with Crippen LogP contribution in [0.2, 0.25) is 0 Å². The van der Waals surface area contributed by atoms with Crippen LogP contribution < -0.4 is 5.32 Å². The topological polar surface area (TPSA) is 32.3 Å². The van der Waals surface area contributed by atoms with Gasteiger partial charge in [0.05, 0.1) is 6.54 Å². The number of benzene rings is 1. The van der Waals surface area contributed by atoms with Gasteiger partial charge in [-0.1, -0.05) is 18.2 Å². The predicted octanol–water partition coefficient (Wildman–Crippen LogP) is 2.03.